The second-order valence-electron chi connectivity index (χ2n) is 5.19. The Labute approximate surface area is 102 Å². The quantitative estimate of drug-likeness (QED) is 0.842. The average Bonchev–Trinajstić information content (AvgIpc) is 2.22. The first-order valence-corrected chi connectivity index (χ1v) is 6.34. The number of hydrogen-bond donors (Lipinski definition) is 1. The van der Waals surface area contributed by atoms with Crippen LogP contribution in [0.3, 0.4) is 0 Å². The number of carbonyl (C=O) groups excluding carboxylic acids is 1. The summed E-state index contributed by atoms with van der Waals surface area (Å²) in [6, 6.07) is 10.3. The van der Waals surface area contributed by atoms with Gasteiger partial charge in [0.15, 0.2) is 0 Å². The van der Waals surface area contributed by atoms with Crippen molar-refractivity contribution in [1.82, 2.24) is 10.2 Å². The van der Waals surface area contributed by atoms with Gasteiger partial charge in [-0.2, -0.15) is 0 Å². The van der Waals surface area contributed by atoms with E-state index in [0.29, 0.717) is 5.91 Å². The third kappa shape index (κ3) is 1.84. The molecule has 1 aromatic carbocycles. The van der Waals surface area contributed by atoms with Gasteiger partial charge >= 0.3 is 0 Å². The molecular weight excluding hydrogens is 212 g/mol. The van der Waals surface area contributed by atoms with E-state index in [1.165, 1.54) is 12.0 Å². The van der Waals surface area contributed by atoms with E-state index in [0.717, 1.165) is 32.6 Å². The van der Waals surface area contributed by atoms with E-state index in [9.17, 15) is 4.79 Å². The molecule has 2 heterocycles. The zero-order chi connectivity index (χ0) is 11.7. The van der Waals surface area contributed by atoms with Gasteiger partial charge in [-0.3, -0.25) is 4.79 Å². The summed E-state index contributed by atoms with van der Waals surface area (Å²) in [4.78, 5) is 14.4. The molecule has 0 radical (unpaired) electrons. The van der Waals surface area contributed by atoms with E-state index in [4.69, 9.17) is 0 Å². The first-order chi connectivity index (χ1) is 8.30. The normalized spacial score (nSPS) is 21.5. The second kappa shape index (κ2) is 4.15. The van der Waals surface area contributed by atoms with Gasteiger partial charge in [-0.05, 0) is 18.4 Å². The van der Waals surface area contributed by atoms with Crippen molar-refractivity contribution in [1.29, 1.82) is 0 Å². The number of likely N-dealkylation sites (tertiary alicyclic amines) is 1. The van der Waals surface area contributed by atoms with Crippen molar-refractivity contribution in [3.63, 3.8) is 0 Å². The van der Waals surface area contributed by atoms with E-state index >= 15 is 0 Å². The standard InChI is InChI=1S/C14H18N2O/c17-13(16-7-4-8-16)14(10-15-11-14)9-12-5-2-1-3-6-12/h1-3,5-6,15H,4,7-11H2. The Kier molecular flexibility index (Phi) is 2.63. The van der Waals surface area contributed by atoms with Crippen LogP contribution in [0.2, 0.25) is 0 Å². The predicted molar refractivity (Wildman–Crippen MR) is 66.6 cm³/mol. The Bertz CT molecular complexity index is 407. The molecule has 0 atom stereocenters. The zero-order valence-electron chi connectivity index (χ0n) is 9.98. The maximum absolute atomic E-state index is 12.4. The molecular formula is C14H18N2O. The fraction of sp³-hybridized carbons (Fsp3) is 0.500. The lowest BCUT2D eigenvalue weighted by molar-refractivity contribution is -0.149. The van der Waals surface area contributed by atoms with Crippen molar-refractivity contribution in [2.75, 3.05) is 26.2 Å². The number of nitrogens with zero attached hydrogens (tertiary/aromatic N) is 1. The second-order valence-corrected chi connectivity index (χ2v) is 5.19. The predicted octanol–water partition coefficient (Wildman–Crippen LogP) is 1.05. The van der Waals surface area contributed by atoms with Crippen LogP contribution in [0, 0.1) is 5.41 Å². The van der Waals surface area contributed by atoms with Crippen LogP contribution in [-0.4, -0.2) is 37.0 Å². The largest absolute Gasteiger partial charge is 0.342 e. The van der Waals surface area contributed by atoms with Crippen LogP contribution in [0.15, 0.2) is 30.3 Å². The fourth-order valence-electron chi connectivity index (χ4n) is 2.62. The highest BCUT2D eigenvalue weighted by Gasteiger charge is 2.47. The summed E-state index contributed by atoms with van der Waals surface area (Å²) in [5.41, 5.74) is 1.10. The van der Waals surface area contributed by atoms with E-state index in [1.807, 2.05) is 23.1 Å². The van der Waals surface area contributed by atoms with Crippen LogP contribution in [-0.2, 0) is 11.2 Å². The van der Waals surface area contributed by atoms with E-state index in [-0.39, 0.29) is 5.41 Å². The minimum absolute atomic E-state index is 0.165. The van der Waals surface area contributed by atoms with Crippen molar-refractivity contribution in [2.45, 2.75) is 12.8 Å². The molecule has 17 heavy (non-hydrogen) atoms. The lowest BCUT2D eigenvalue weighted by atomic mass is 9.74. The number of rotatable bonds is 3. The van der Waals surface area contributed by atoms with E-state index < -0.39 is 0 Å². The number of hydrogen-bond acceptors (Lipinski definition) is 2. The van der Waals surface area contributed by atoms with E-state index in [1.54, 1.807) is 0 Å². The molecule has 0 unspecified atom stereocenters. The van der Waals surface area contributed by atoms with Crippen molar-refractivity contribution < 1.29 is 4.79 Å². The number of amides is 1. The van der Waals surface area contributed by atoms with Crippen LogP contribution in [0.5, 0.6) is 0 Å². The summed E-state index contributed by atoms with van der Waals surface area (Å²) in [5, 5.41) is 3.26. The van der Waals surface area contributed by atoms with E-state index in [2.05, 4.69) is 17.4 Å². The van der Waals surface area contributed by atoms with Crippen molar-refractivity contribution in [3.8, 4) is 0 Å². The molecule has 3 heteroatoms. The fourth-order valence-corrected chi connectivity index (χ4v) is 2.62. The Morgan fingerprint density at radius 1 is 1.24 bits per heavy atom. The molecule has 1 aromatic rings. The third-order valence-corrected chi connectivity index (χ3v) is 3.91. The summed E-state index contributed by atoms with van der Waals surface area (Å²) < 4.78 is 0. The molecule has 90 valence electrons. The zero-order valence-corrected chi connectivity index (χ0v) is 9.98. The summed E-state index contributed by atoms with van der Waals surface area (Å²) in [6.07, 6.45) is 2.04. The highest BCUT2D eigenvalue weighted by molar-refractivity contribution is 5.85. The Balaban J connectivity index is 1.75. The van der Waals surface area contributed by atoms with Gasteiger partial charge in [0.2, 0.25) is 5.91 Å². The smallest absolute Gasteiger partial charge is 0.231 e. The maximum Gasteiger partial charge on any atom is 0.231 e. The molecule has 3 rings (SSSR count). The molecule has 0 aromatic heterocycles. The van der Waals surface area contributed by atoms with Crippen LogP contribution in [0.1, 0.15) is 12.0 Å². The molecule has 0 aliphatic carbocycles. The average molecular weight is 230 g/mol. The summed E-state index contributed by atoms with van der Waals surface area (Å²) in [5.74, 6) is 0.353. The SMILES string of the molecule is O=C(N1CCC1)C1(Cc2ccccc2)CNC1. The minimum Gasteiger partial charge on any atom is -0.342 e. The molecule has 2 aliphatic heterocycles. The van der Waals surface area contributed by atoms with Gasteiger partial charge in [0, 0.05) is 26.2 Å². The first kappa shape index (κ1) is 10.8. The van der Waals surface area contributed by atoms with Gasteiger partial charge in [0.1, 0.15) is 0 Å². The van der Waals surface area contributed by atoms with Crippen LogP contribution < -0.4 is 5.32 Å². The lowest BCUT2D eigenvalue weighted by Crippen LogP contribution is -2.64. The molecule has 0 saturated carbocycles. The van der Waals surface area contributed by atoms with Crippen molar-refractivity contribution >= 4 is 5.91 Å². The minimum atomic E-state index is -0.165. The highest BCUT2D eigenvalue weighted by atomic mass is 16.2. The number of nitrogens with one attached hydrogen (secondary N) is 1. The topological polar surface area (TPSA) is 32.3 Å². The van der Waals surface area contributed by atoms with Gasteiger partial charge < -0.3 is 10.2 Å². The number of benzene rings is 1. The molecule has 1 N–H and O–H groups in total. The van der Waals surface area contributed by atoms with Crippen LogP contribution in [0.4, 0.5) is 0 Å². The van der Waals surface area contributed by atoms with Crippen LogP contribution in [0.25, 0.3) is 0 Å². The maximum atomic E-state index is 12.4. The lowest BCUT2D eigenvalue weighted by Gasteiger charge is -2.46. The monoisotopic (exact) mass is 230 g/mol. The molecule has 0 spiro atoms. The molecule has 0 bridgehead atoms. The molecule has 2 saturated heterocycles. The van der Waals surface area contributed by atoms with Crippen molar-refractivity contribution in [3.05, 3.63) is 35.9 Å². The van der Waals surface area contributed by atoms with Gasteiger partial charge in [-0.25, -0.2) is 0 Å². The van der Waals surface area contributed by atoms with Crippen LogP contribution >= 0.6 is 0 Å². The molecule has 2 aliphatic rings. The van der Waals surface area contributed by atoms with Gasteiger partial charge in [0.05, 0.1) is 5.41 Å². The van der Waals surface area contributed by atoms with Gasteiger partial charge in [-0.1, -0.05) is 30.3 Å². The summed E-state index contributed by atoms with van der Waals surface area (Å²) in [7, 11) is 0. The summed E-state index contributed by atoms with van der Waals surface area (Å²) in [6.45, 7) is 3.57. The Hall–Kier alpha value is -1.35. The number of carbonyl (C=O) groups is 1. The first-order valence-electron chi connectivity index (χ1n) is 6.34. The molecule has 1 amide bonds. The molecule has 2 fully saturated rings. The molecule has 3 nitrogen and oxygen atoms in total. The van der Waals surface area contributed by atoms with Gasteiger partial charge in [0.25, 0.3) is 0 Å². The highest BCUT2D eigenvalue weighted by Crippen LogP contribution is 2.31. The van der Waals surface area contributed by atoms with Crippen molar-refractivity contribution in [2.24, 2.45) is 5.41 Å². The van der Waals surface area contributed by atoms with Gasteiger partial charge in [-0.15, -0.1) is 0 Å². The third-order valence-electron chi connectivity index (χ3n) is 3.91. The summed E-state index contributed by atoms with van der Waals surface area (Å²) >= 11 is 0. The Morgan fingerprint density at radius 3 is 2.41 bits per heavy atom. The Morgan fingerprint density at radius 2 is 1.94 bits per heavy atom.